The van der Waals surface area contributed by atoms with E-state index in [1.54, 1.807) is 24.8 Å². The highest BCUT2D eigenvalue weighted by atomic mass is 32.1. The molecule has 1 aliphatic rings. The first kappa shape index (κ1) is 19.6. The van der Waals surface area contributed by atoms with E-state index < -0.39 is 0 Å². The van der Waals surface area contributed by atoms with Crippen molar-refractivity contribution in [1.82, 2.24) is 9.47 Å². The zero-order valence-electron chi connectivity index (χ0n) is 17.5. The first-order valence-corrected chi connectivity index (χ1v) is 11.1. The molecule has 0 saturated carbocycles. The highest BCUT2D eigenvalue weighted by molar-refractivity contribution is 7.21. The van der Waals surface area contributed by atoms with Gasteiger partial charge in [0, 0.05) is 49.0 Å². The monoisotopic (exact) mass is 433 g/mol. The van der Waals surface area contributed by atoms with Crippen LogP contribution in [0.3, 0.4) is 0 Å². The number of nitrogens with zero attached hydrogens (tertiary/aromatic N) is 3. The van der Waals surface area contributed by atoms with Crippen molar-refractivity contribution >= 4 is 43.9 Å². The number of aromatic nitrogens is 1. The molecule has 7 heteroatoms. The number of carbonyl (C=O) groups excluding carboxylic acids is 1. The van der Waals surface area contributed by atoms with E-state index in [-0.39, 0.29) is 11.5 Å². The lowest BCUT2D eigenvalue weighted by Crippen LogP contribution is -2.48. The minimum Gasteiger partial charge on any atom is -0.497 e. The second-order valence-electron chi connectivity index (χ2n) is 7.71. The van der Waals surface area contributed by atoms with E-state index in [4.69, 9.17) is 4.74 Å². The van der Waals surface area contributed by atoms with Gasteiger partial charge in [0.2, 0.25) is 0 Å². The summed E-state index contributed by atoms with van der Waals surface area (Å²) in [5, 5.41) is 1.62. The quantitative estimate of drug-likeness (QED) is 0.494. The molecule has 1 amide bonds. The van der Waals surface area contributed by atoms with Crippen LogP contribution >= 0.6 is 11.3 Å². The third-order valence-electron chi connectivity index (χ3n) is 5.99. The molecule has 3 heterocycles. The lowest BCUT2D eigenvalue weighted by Gasteiger charge is -2.36. The molecular weight excluding hydrogens is 410 g/mol. The molecule has 0 bridgehead atoms. The average molecular weight is 434 g/mol. The van der Waals surface area contributed by atoms with E-state index in [9.17, 15) is 9.59 Å². The number of ether oxygens (including phenoxy) is 1. The van der Waals surface area contributed by atoms with E-state index >= 15 is 0 Å². The van der Waals surface area contributed by atoms with E-state index in [1.165, 1.54) is 11.3 Å². The number of thiophene rings is 1. The molecule has 0 unspecified atom stereocenters. The molecule has 4 aromatic rings. The third-order valence-corrected chi connectivity index (χ3v) is 7.15. The summed E-state index contributed by atoms with van der Waals surface area (Å²) in [7, 11) is 3.44. The van der Waals surface area contributed by atoms with Crippen LogP contribution in [-0.4, -0.2) is 48.7 Å². The Kier molecular flexibility index (Phi) is 4.90. The summed E-state index contributed by atoms with van der Waals surface area (Å²) in [6.07, 6.45) is 0. The number of carbonyl (C=O) groups is 1. The second kappa shape index (κ2) is 7.74. The van der Waals surface area contributed by atoms with E-state index in [0.717, 1.165) is 40.1 Å². The highest BCUT2D eigenvalue weighted by Crippen LogP contribution is 2.31. The maximum Gasteiger partial charge on any atom is 0.264 e. The average Bonchev–Trinajstić information content (AvgIpc) is 3.28. The Balaban J connectivity index is 1.39. The van der Waals surface area contributed by atoms with Gasteiger partial charge in [-0.15, -0.1) is 11.3 Å². The molecule has 0 N–H and O–H groups in total. The van der Waals surface area contributed by atoms with Crippen molar-refractivity contribution < 1.29 is 9.53 Å². The summed E-state index contributed by atoms with van der Waals surface area (Å²) in [6, 6.07) is 17.6. The van der Waals surface area contributed by atoms with Crippen LogP contribution in [0.25, 0.3) is 21.0 Å². The summed E-state index contributed by atoms with van der Waals surface area (Å²) in [6.45, 7) is 2.84. The fourth-order valence-electron chi connectivity index (χ4n) is 4.22. The van der Waals surface area contributed by atoms with Gasteiger partial charge in [-0.1, -0.05) is 18.2 Å². The van der Waals surface area contributed by atoms with Crippen LogP contribution < -0.4 is 15.2 Å². The Bertz CT molecular complexity index is 1330. The minimum atomic E-state index is -0.0617. The molecule has 0 radical (unpaired) electrons. The van der Waals surface area contributed by atoms with Gasteiger partial charge in [0.05, 0.1) is 22.9 Å². The Morgan fingerprint density at radius 2 is 1.68 bits per heavy atom. The number of para-hydroxylation sites is 1. The molecule has 2 aromatic carbocycles. The van der Waals surface area contributed by atoms with Crippen LogP contribution in [0.5, 0.6) is 5.75 Å². The van der Waals surface area contributed by atoms with Crippen LogP contribution in [0.15, 0.2) is 59.4 Å². The van der Waals surface area contributed by atoms with Crippen LogP contribution in [0.4, 0.5) is 5.69 Å². The number of hydrogen-bond donors (Lipinski definition) is 0. The van der Waals surface area contributed by atoms with Crippen molar-refractivity contribution in [3.63, 3.8) is 0 Å². The fraction of sp³-hybridized carbons (Fsp3) is 0.250. The Morgan fingerprint density at radius 1 is 0.968 bits per heavy atom. The normalized spacial score (nSPS) is 14.4. The van der Waals surface area contributed by atoms with E-state index in [0.29, 0.717) is 23.4 Å². The number of pyridine rings is 1. The predicted octanol–water partition coefficient (Wildman–Crippen LogP) is 3.72. The number of rotatable bonds is 3. The number of methoxy groups -OCH3 is 1. The first-order chi connectivity index (χ1) is 15.1. The van der Waals surface area contributed by atoms with Crippen LogP contribution in [0, 0.1) is 0 Å². The van der Waals surface area contributed by atoms with Crippen LogP contribution in [0.1, 0.15) is 9.67 Å². The van der Waals surface area contributed by atoms with Crippen molar-refractivity contribution in [2.24, 2.45) is 7.05 Å². The smallest absolute Gasteiger partial charge is 0.264 e. The van der Waals surface area contributed by atoms with Crippen molar-refractivity contribution in [2.45, 2.75) is 0 Å². The van der Waals surface area contributed by atoms with Gasteiger partial charge in [0.15, 0.2) is 0 Å². The van der Waals surface area contributed by atoms with Crippen molar-refractivity contribution in [2.75, 3.05) is 38.2 Å². The number of amides is 1. The summed E-state index contributed by atoms with van der Waals surface area (Å²) in [5.74, 6) is 0.836. The number of hydrogen-bond acceptors (Lipinski definition) is 5. The predicted molar refractivity (Wildman–Crippen MR) is 126 cm³/mol. The van der Waals surface area contributed by atoms with Gasteiger partial charge in [-0.2, -0.15) is 0 Å². The molecule has 0 aliphatic carbocycles. The molecular formula is C24H23N3O3S. The topological polar surface area (TPSA) is 54.8 Å². The molecule has 5 rings (SSSR count). The van der Waals surface area contributed by atoms with Crippen molar-refractivity contribution in [1.29, 1.82) is 0 Å². The SMILES string of the molecule is COc1ccc(N2CCN(C(=O)c3cc4c(=O)n(C)c5ccccc5c4s3)CC2)cc1. The number of aryl methyl sites for hydroxylation is 1. The first-order valence-electron chi connectivity index (χ1n) is 10.3. The van der Waals surface area contributed by atoms with Crippen LogP contribution in [-0.2, 0) is 7.05 Å². The third kappa shape index (κ3) is 3.35. The molecule has 1 saturated heterocycles. The summed E-state index contributed by atoms with van der Waals surface area (Å²) in [4.78, 5) is 30.8. The zero-order chi connectivity index (χ0) is 21.5. The van der Waals surface area contributed by atoms with Gasteiger partial charge in [0.1, 0.15) is 5.75 Å². The largest absolute Gasteiger partial charge is 0.497 e. The summed E-state index contributed by atoms with van der Waals surface area (Å²) in [5.41, 5.74) is 1.95. The molecule has 1 aliphatic heterocycles. The number of fused-ring (bicyclic) bond motifs is 3. The second-order valence-corrected chi connectivity index (χ2v) is 8.76. The Labute approximate surface area is 183 Å². The van der Waals surface area contributed by atoms with Gasteiger partial charge in [-0.25, -0.2) is 0 Å². The maximum absolute atomic E-state index is 13.2. The number of anilines is 1. The number of piperazine rings is 1. The van der Waals surface area contributed by atoms with Crippen LogP contribution in [0.2, 0.25) is 0 Å². The maximum atomic E-state index is 13.2. The molecule has 6 nitrogen and oxygen atoms in total. The van der Waals surface area contributed by atoms with Crippen molar-refractivity contribution in [3.8, 4) is 5.75 Å². The minimum absolute atomic E-state index is 0.00159. The van der Waals surface area contributed by atoms with Gasteiger partial charge in [-0.05, 0) is 36.4 Å². The number of benzene rings is 2. The standard InChI is InChI=1S/C24H23N3O3S/c1-25-20-6-4-3-5-18(20)22-19(23(25)28)15-21(31-22)24(29)27-13-11-26(12-14-27)16-7-9-17(30-2)10-8-16/h3-10,15H,11-14H2,1-2H3. The van der Waals surface area contributed by atoms with Gasteiger partial charge in [-0.3, -0.25) is 9.59 Å². The molecule has 0 spiro atoms. The lowest BCUT2D eigenvalue weighted by molar-refractivity contribution is 0.0751. The van der Waals surface area contributed by atoms with E-state index in [1.807, 2.05) is 53.4 Å². The van der Waals surface area contributed by atoms with Crippen molar-refractivity contribution in [3.05, 3.63) is 69.8 Å². The highest BCUT2D eigenvalue weighted by Gasteiger charge is 2.25. The van der Waals surface area contributed by atoms with Gasteiger partial charge in [0.25, 0.3) is 11.5 Å². The zero-order valence-corrected chi connectivity index (χ0v) is 18.3. The molecule has 0 atom stereocenters. The Morgan fingerprint density at radius 3 is 2.39 bits per heavy atom. The van der Waals surface area contributed by atoms with Gasteiger partial charge < -0.3 is 19.1 Å². The van der Waals surface area contributed by atoms with Gasteiger partial charge >= 0.3 is 0 Å². The summed E-state index contributed by atoms with van der Waals surface area (Å²) < 4.78 is 7.77. The Hall–Kier alpha value is -3.32. The molecule has 1 fully saturated rings. The molecule has 2 aromatic heterocycles. The summed E-state index contributed by atoms with van der Waals surface area (Å²) >= 11 is 1.42. The molecule has 31 heavy (non-hydrogen) atoms. The van der Waals surface area contributed by atoms with E-state index in [2.05, 4.69) is 4.90 Å². The fourth-order valence-corrected chi connectivity index (χ4v) is 5.37. The molecule has 158 valence electrons. The lowest BCUT2D eigenvalue weighted by atomic mass is 10.1.